The lowest BCUT2D eigenvalue weighted by molar-refractivity contribution is 0.167. The number of aryl methyl sites for hydroxylation is 1. The van der Waals surface area contributed by atoms with Gasteiger partial charge in [-0.15, -0.1) is 0 Å². The molecule has 1 heterocycles. The maximum absolute atomic E-state index is 6.11. The number of hydrogen-bond acceptors (Lipinski definition) is 3. The maximum Gasteiger partial charge on any atom is 0.201 e. The van der Waals surface area contributed by atoms with E-state index in [1.54, 1.807) is 7.11 Å². The van der Waals surface area contributed by atoms with E-state index in [4.69, 9.17) is 10.5 Å². The normalized spacial score (nSPS) is 16.9. The quantitative estimate of drug-likeness (QED) is 0.898. The molecule has 3 rings (SSSR count). The second kappa shape index (κ2) is 4.53. The molecule has 4 heteroatoms. The highest BCUT2D eigenvalue weighted by Gasteiger charge is 2.42. The molecule has 1 aliphatic rings. The van der Waals surface area contributed by atoms with Crippen LogP contribution in [0.5, 0.6) is 0 Å². The molecule has 19 heavy (non-hydrogen) atoms. The molecule has 102 valence electrons. The van der Waals surface area contributed by atoms with Crippen LogP contribution < -0.4 is 5.73 Å². The summed E-state index contributed by atoms with van der Waals surface area (Å²) < 4.78 is 7.39. The van der Waals surface area contributed by atoms with Gasteiger partial charge < -0.3 is 15.0 Å². The Morgan fingerprint density at radius 3 is 2.89 bits per heavy atom. The number of fused-ring (bicyclic) bond motifs is 1. The third-order valence-corrected chi connectivity index (χ3v) is 4.30. The van der Waals surface area contributed by atoms with Crippen molar-refractivity contribution in [3.05, 3.63) is 23.8 Å². The SMILES string of the molecule is COCCC1(Cn2c(N)nc3c(C)cccc32)CC1. The van der Waals surface area contributed by atoms with E-state index in [2.05, 4.69) is 34.7 Å². The fourth-order valence-corrected chi connectivity index (χ4v) is 2.79. The zero-order valence-corrected chi connectivity index (χ0v) is 11.6. The molecule has 0 amide bonds. The van der Waals surface area contributed by atoms with Crippen molar-refractivity contribution in [2.75, 3.05) is 19.5 Å². The van der Waals surface area contributed by atoms with Crippen molar-refractivity contribution in [3.63, 3.8) is 0 Å². The summed E-state index contributed by atoms with van der Waals surface area (Å²) in [6.45, 7) is 3.87. The van der Waals surface area contributed by atoms with Gasteiger partial charge in [-0.05, 0) is 43.2 Å². The van der Waals surface area contributed by atoms with E-state index in [0.29, 0.717) is 11.4 Å². The van der Waals surface area contributed by atoms with Gasteiger partial charge in [0.15, 0.2) is 0 Å². The van der Waals surface area contributed by atoms with E-state index in [1.165, 1.54) is 18.4 Å². The lowest BCUT2D eigenvalue weighted by Gasteiger charge is -2.17. The molecule has 1 fully saturated rings. The number of ether oxygens (including phenoxy) is 1. The molecule has 0 atom stereocenters. The molecule has 0 unspecified atom stereocenters. The molecule has 2 N–H and O–H groups in total. The largest absolute Gasteiger partial charge is 0.385 e. The molecular formula is C15H21N3O. The van der Waals surface area contributed by atoms with Crippen molar-refractivity contribution in [1.29, 1.82) is 0 Å². The van der Waals surface area contributed by atoms with Gasteiger partial charge in [0, 0.05) is 20.3 Å². The average molecular weight is 259 g/mol. The molecule has 2 aromatic rings. The summed E-state index contributed by atoms with van der Waals surface area (Å²) >= 11 is 0. The molecule has 0 radical (unpaired) electrons. The lowest BCUT2D eigenvalue weighted by Crippen LogP contribution is -2.15. The van der Waals surface area contributed by atoms with Crippen LogP contribution in [0.2, 0.25) is 0 Å². The number of imidazole rings is 1. The Bertz CT molecular complexity index is 599. The molecule has 0 aliphatic heterocycles. The first-order valence-corrected chi connectivity index (χ1v) is 6.85. The number of nitrogen functional groups attached to an aromatic ring is 1. The van der Waals surface area contributed by atoms with Gasteiger partial charge in [0.2, 0.25) is 5.95 Å². The van der Waals surface area contributed by atoms with Crippen LogP contribution in [0.1, 0.15) is 24.8 Å². The second-order valence-electron chi connectivity index (χ2n) is 5.74. The van der Waals surface area contributed by atoms with E-state index in [0.717, 1.165) is 30.6 Å². The van der Waals surface area contributed by atoms with Crippen LogP contribution in [0.4, 0.5) is 5.95 Å². The summed E-state index contributed by atoms with van der Waals surface area (Å²) in [7, 11) is 1.76. The predicted molar refractivity (Wildman–Crippen MR) is 77.0 cm³/mol. The Hall–Kier alpha value is -1.55. The van der Waals surface area contributed by atoms with Gasteiger partial charge in [0.25, 0.3) is 0 Å². The Labute approximate surface area is 113 Å². The van der Waals surface area contributed by atoms with E-state index in [9.17, 15) is 0 Å². The van der Waals surface area contributed by atoms with E-state index in [-0.39, 0.29) is 0 Å². The van der Waals surface area contributed by atoms with Crippen LogP contribution in [0.15, 0.2) is 18.2 Å². The van der Waals surface area contributed by atoms with Crippen molar-refractivity contribution in [1.82, 2.24) is 9.55 Å². The van der Waals surface area contributed by atoms with Gasteiger partial charge in [-0.1, -0.05) is 12.1 Å². The minimum atomic E-state index is 0.376. The Morgan fingerprint density at radius 1 is 1.42 bits per heavy atom. The molecule has 1 saturated carbocycles. The number of para-hydroxylation sites is 1. The highest BCUT2D eigenvalue weighted by Crippen LogP contribution is 2.50. The molecule has 0 bridgehead atoms. The van der Waals surface area contributed by atoms with Gasteiger partial charge in [-0.25, -0.2) is 4.98 Å². The van der Waals surface area contributed by atoms with Crippen molar-refractivity contribution >= 4 is 17.0 Å². The minimum Gasteiger partial charge on any atom is -0.385 e. The molecule has 0 saturated heterocycles. The molecule has 1 aliphatic carbocycles. The predicted octanol–water partition coefficient (Wildman–Crippen LogP) is 2.74. The summed E-state index contributed by atoms with van der Waals surface area (Å²) in [5, 5.41) is 0. The smallest absolute Gasteiger partial charge is 0.201 e. The van der Waals surface area contributed by atoms with E-state index >= 15 is 0 Å². The van der Waals surface area contributed by atoms with Gasteiger partial charge in [0.05, 0.1) is 11.0 Å². The first-order valence-electron chi connectivity index (χ1n) is 6.85. The first kappa shape index (κ1) is 12.5. The van der Waals surface area contributed by atoms with E-state index in [1.807, 2.05) is 0 Å². The number of anilines is 1. The van der Waals surface area contributed by atoms with Gasteiger partial charge in [0.1, 0.15) is 0 Å². The number of aromatic nitrogens is 2. The van der Waals surface area contributed by atoms with Crippen molar-refractivity contribution in [3.8, 4) is 0 Å². The fraction of sp³-hybridized carbons (Fsp3) is 0.533. The Kier molecular flexibility index (Phi) is 2.97. The third kappa shape index (κ3) is 2.21. The zero-order valence-electron chi connectivity index (χ0n) is 11.6. The number of nitrogens with zero attached hydrogens (tertiary/aromatic N) is 2. The van der Waals surface area contributed by atoms with Crippen LogP contribution in [0.3, 0.4) is 0 Å². The van der Waals surface area contributed by atoms with Crippen molar-refractivity contribution < 1.29 is 4.74 Å². The fourth-order valence-electron chi connectivity index (χ4n) is 2.79. The molecule has 1 aromatic heterocycles. The Morgan fingerprint density at radius 2 is 2.21 bits per heavy atom. The highest BCUT2D eigenvalue weighted by molar-refractivity contribution is 5.81. The van der Waals surface area contributed by atoms with Crippen LogP contribution in [-0.2, 0) is 11.3 Å². The van der Waals surface area contributed by atoms with Crippen LogP contribution in [0, 0.1) is 12.3 Å². The zero-order chi connectivity index (χ0) is 13.5. The van der Waals surface area contributed by atoms with Crippen LogP contribution in [0.25, 0.3) is 11.0 Å². The van der Waals surface area contributed by atoms with Crippen LogP contribution in [-0.4, -0.2) is 23.3 Å². The summed E-state index contributed by atoms with van der Waals surface area (Å²) in [6, 6.07) is 6.26. The minimum absolute atomic E-state index is 0.376. The van der Waals surface area contributed by atoms with E-state index < -0.39 is 0 Å². The standard InChI is InChI=1S/C15H21N3O/c1-11-4-3-5-12-13(11)17-14(16)18(12)10-15(6-7-15)8-9-19-2/h3-5H,6-10H2,1-2H3,(H2,16,17). The highest BCUT2D eigenvalue weighted by atomic mass is 16.5. The summed E-state index contributed by atoms with van der Waals surface area (Å²) in [4.78, 5) is 4.51. The summed E-state index contributed by atoms with van der Waals surface area (Å²) in [6.07, 6.45) is 3.64. The van der Waals surface area contributed by atoms with Gasteiger partial charge >= 0.3 is 0 Å². The first-order chi connectivity index (χ1) is 9.15. The summed E-state index contributed by atoms with van der Waals surface area (Å²) in [5.74, 6) is 0.632. The monoisotopic (exact) mass is 259 g/mol. The Balaban J connectivity index is 1.93. The average Bonchev–Trinajstić information content (AvgIpc) is 3.09. The number of hydrogen-bond donors (Lipinski definition) is 1. The van der Waals surface area contributed by atoms with Crippen molar-refractivity contribution in [2.45, 2.75) is 32.7 Å². The van der Waals surface area contributed by atoms with Crippen molar-refractivity contribution in [2.24, 2.45) is 5.41 Å². The summed E-state index contributed by atoms with van der Waals surface area (Å²) in [5.41, 5.74) is 9.85. The number of methoxy groups -OCH3 is 1. The van der Waals surface area contributed by atoms with Crippen LogP contribution >= 0.6 is 0 Å². The second-order valence-corrected chi connectivity index (χ2v) is 5.74. The third-order valence-electron chi connectivity index (χ3n) is 4.30. The van der Waals surface area contributed by atoms with Gasteiger partial charge in [-0.3, -0.25) is 0 Å². The molecular weight excluding hydrogens is 238 g/mol. The number of benzene rings is 1. The number of rotatable bonds is 5. The van der Waals surface area contributed by atoms with Gasteiger partial charge in [-0.2, -0.15) is 0 Å². The topological polar surface area (TPSA) is 53.1 Å². The molecule has 0 spiro atoms. The number of nitrogens with two attached hydrogens (primary N) is 1. The lowest BCUT2D eigenvalue weighted by atomic mass is 10.0. The maximum atomic E-state index is 6.11. The molecule has 1 aromatic carbocycles. The molecule has 4 nitrogen and oxygen atoms in total.